The molecule has 1 amide bonds. The molecule has 6 nitrogen and oxygen atoms in total. The molecule has 1 atom stereocenters. The summed E-state index contributed by atoms with van der Waals surface area (Å²) < 4.78 is 10.9. The largest absolute Gasteiger partial charge is 0.467 e. The van der Waals surface area contributed by atoms with Crippen molar-refractivity contribution in [3.8, 4) is 0 Å². The standard InChI is InChI=1S/C14H11N3O3S/c18-14-15-13(8-21-14)17-10(12-4-2-6-20-12)7-9(16-17)11-3-1-5-19-11/h1-6,10H,7-8H2/t10-/m0/s1. The van der Waals surface area contributed by atoms with Gasteiger partial charge in [-0.25, -0.2) is 5.01 Å². The minimum atomic E-state index is -0.176. The number of amides is 1. The number of aliphatic imine (C=N–C) groups is 1. The van der Waals surface area contributed by atoms with Gasteiger partial charge in [-0.3, -0.25) is 4.79 Å². The summed E-state index contributed by atoms with van der Waals surface area (Å²) in [4.78, 5) is 15.4. The van der Waals surface area contributed by atoms with E-state index >= 15 is 0 Å². The molecular formula is C14H11N3O3S. The van der Waals surface area contributed by atoms with Crippen LogP contribution in [0.3, 0.4) is 0 Å². The number of hydrogen-bond acceptors (Lipinski definition) is 6. The molecule has 0 radical (unpaired) electrons. The highest BCUT2D eigenvalue weighted by atomic mass is 32.2. The Balaban J connectivity index is 1.71. The molecule has 0 N–H and O–H groups in total. The number of carbonyl (C=O) groups is 1. The number of furan rings is 2. The molecule has 2 aliphatic heterocycles. The van der Waals surface area contributed by atoms with Crippen LogP contribution in [-0.4, -0.2) is 27.5 Å². The number of carbonyl (C=O) groups excluding carboxylic acids is 1. The van der Waals surface area contributed by atoms with Crippen LogP contribution >= 0.6 is 11.8 Å². The van der Waals surface area contributed by atoms with Gasteiger partial charge >= 0.3 is 5.24 Å². The molecule has 4 rings (SSSR count). The Kier molecular flexibility index (Phi) is 2.92. The first-order chi connectivity index (χ1) is 10.3. The van der Waals surface area contributed by atoms with Gasteiger partial charge in [0.25, 0.3) is 0 Å². The highest BCUT2D eigenvalue weighted by molar-refractivity contribution is 8.14. The van der Waals surface area contributed by atoms with Crippen molar-refractivity contribution in [3.05, 3.63) is 48.3 Å². The molecule has 0 spiro atoms. The molecule has 0 fully saturated rings. The van der Waals surface area contributed by atoms with Crippen molar-refractivity contribution in [1.29, 1.82) is 0 Å². The molecule has 0 saturated carbocycles. The van der Waals surface area contributed by atoms with E-state index in [1.165, 1.54) is 11.8 Å². The van der Waals surface area contributed by atoms with Crippen LogP contribution in [0.4, 0.5) is 4.79 Å². The molecule has 0 bridgehead atoms. The summed E-state index contributed by atoms with van der Waals surface area (Å²) in [6.45, 7) is 0. The van der Waals surface area contributed by atoms with Crippen LogP contribution < -0.4 is 0 Å². The zero-order valence-corrected chi connectivity index (χ0v) is 11.7. The predicted molar refractivity (Wildman–Crippen MR) is 78.4 cm³/mol. The minimum Gasteiger partial charge on any atom is -0.467 e. The third kappa shape index (κ3) is 2.19. The summed E-state index contributed by atoms with van der Waals surface area (Å²) in [5.41, 5.74) is 0.827. The normalized spacial score (nSPS) is 21.8. The van der Waals surface area contributed by atoms with E-state index in [9.17, 15) is 4.79 Å². The van der Waals surface area contributed by atoms with Crippen LogP contribution in [0.1, 0.15) is 24.0 Å². The van der Waals surface area contributed by atoms with Crippen LogP contribution in [-0.2, 0) is 0 Å². The Morgan fingerprint density at radius 1 is 1.24 bits per heavy atom. The van der Waals surface area contributed by atoms with E-state index in [1.54, 1.807) is 17.5 Å². The minimum absolute atomic E-state index is 0.0923. The SMILES string of the molecule is O=C1N=C(N2N=C(c3ccco3)C[C@H]2c2ccco2)CS1. The van der Waals surface area contributed by atoms with Gasteiger partial charge in [-0.15, -0.1) is 0 Å². The Hall–Kier alpha value is -2.28. The van der Waals surface area contributed by atoms with Gasteiger partial charge in [0.1, 0.15) is 29.1 Å². The first-order valence-corrected chi connectivity index (χ1v) is 7.48. The van der Waals surface area contributed by atoms with Crippen molar-refractivity contribution in [2.24, 2.45) is 10.1 Å². The molecule has 0 aliphatic carbocycles. The lowest BCUT2D eigenvalue weighted by molar-refractivity contribution is 0.267. The first-order valence-electron chi connectivity index (χ1n) is 6.49. The molecule has 4 heterocycles. The first kappa shape index (κ1) is 12.5. The maximum absolute atomic E-state index is 11.4. The molecule has 2 aromatic rings. The third-order valence-corrected chi connectivity index (χ3v) is 4.14. The molecule has 2 aliphatic rings. The van der Waals surface area contributed by atoms with Gasteiger partial charge in [-0.05, 0) is 24.3 Å². The Morgan fingerprint density at radius 3 is 2.76 bits per heavy atom. The van der Waals surface area contributed by atoms with Gasteiger partial charge in [-0.1, -0.05) is 11.8 Å². The number of amidine groups is 1. The molecule has 0 unspecified atom stereocenters. The lowest BCUT2D eigenvalue weighted by Gasteiger charge is -2.20. The average molecular weight is 301 g/mol. The van der Waals surface area contributed by atoms with Crippen LogP contribution in [0, 0.1) is 0 Å². The van der Waals surface area contributed by atoms with Crippen molar-refractivity contribution in [3.63, 3.8) is 0 Å². The van der Waals surface area contributed by atoms with Gasteiger partial charge in [-0.2, -0.15) is 10.1 Å². The summed E-state index contributed by atoms with van der Waals surface area (Å²) in [5, 5.41) is 6.18. The van der Waals surface area contributed by atoms with E-state index in [1.807, 2.05) is 24.3 Å². The average Bonchev–Trinajstić information content (AvgIpc) is 3.25. The van der Waals surface area contributed by atoms with Crippen LogP contribution in [0.25, 0.3) is 0 Å². The molecule has 106 valence electrons. The third-order valence-electron chi connectivity index (χ3n) is 3.40. The Morgan fingerprint density at radius 2 is 2.10 bits per heavy atom. The Bertz CT molecular complexity index is 719. The number of thioether (sulfide) groups is 1. The molecule has 21 heavy (non-hydrogen) atoms. The fraction of sp³-hybridized carbons (Fsp3) is 0.214. The van der Waals surface area contributed by atoms with E-state index in [4.69, 9.17) is 8.83 Å². The maximum atomic E-state index is 11.4. The van der Waals surface area contributed by atoms with Gasteiger partial charge in [0.2, 0.25) is 0 Å². The highest BCUT2D eigenvalue weighted by Crippen LogP contribution is 2.35. The van der Waals surface area contributed by atoms with Gasteiger partial charge < -0.3 is 8.83 Å². The zero-order chi connectivity index (χ0) is 14.2. The summed E-state index contributed by atoms with van der Waals surface area (Å²) in [5.74, 6) is 2.72. The molecule has 0 saturated heterocycles. The fourth-order valence-corrected chi connectivity index (χ4v) is 3.08. The van der Waals surface area contributed by atoms with E-state index in [-0.39, 0.29) is 11.3 Å². The quantitative estimate of drug-likeness (QED) is 0.851. The second kappa shape index (κ2) is 4.92. The van der Waals surface area contributed by atoms with Crippen LogP contribution in [0.2, 0.25) is 0 Å². The van der Waals surface area contributed by atoms with Crippen LogP contribution in [0.15, 0.2) is 55.7 Å². The fourth-order valence-electron chi connectivity index (χ4n) is 2.46. The lowest BCUT2D eigenvalue weighted by Crippen LogP contribution is -2.27. The number of rotatable bonds is 2. The topological polar surface area (TPSA) is 71.3 Å². The molecule has 7 heteroatoms. The molecule has 2 aromatic heterocycles. The molecular weight excluding hydrogens is 290 g/mol. The maximum Gasteiger partial charge on any atom is 0.307 e. The smallest absolute Gasteiger partial charge is 0.307 e. The summed E-state index contributed by atoms with van der Waals surface area (Å²) in [6, 6.07) is 7.36. The van der Waals surface area contributed by atoms with E-state index in [0.717, 1.165) is 17.2 Å². The van der Waals surface area contributed by atoms with Crippen LogP contribution in [0.5, 0.6) is 0 Å². The highest BCUT2D eigenvalue weighted by Gasteiger charge is 2.36. The van der Waals surface area contributed by atoms with Gasteiger partial charge in [0, 0.05) is 6.42 Å². The summed E-state index contributed by atoms with van der Waals surface area (Å²) in [6.07, 6.45) is 3.91. The number of hydrogen-bond donors (Lipinski definition) is 0. The summed E-state index contributed by atoms with van der Waals surface area (Å²) >= 11 is 1.18. The van der Waals surface area contributed by atoms with E-state index < -0.39 is 0 Å². The predicted octanol–water partition coefficient (Wildman–Crippen LogP) is 3.29. The second-order valence-electron chi connectivity index (χ2n) is 4.69. The lowest BCUT2D eigenvalue weighted by atomic mass is 10.1. The number of nitrogens with zero attached hydrogens (tertiary/aromatic N) is 3. The van der Waals surface area contributed by atoms with Crippen molar-refractivity contribution < 1.29 is 13.6 Å². The number of hydrazone groups is 1. The van der Waals surface area contributed by atoms with Gasteiger partial charge in [0.15, 0.2) is 0 Å². The molecule has 0 aromatic carbocycles. The van der Waals surface area contributed by atoms with Crippen molar-refractivity contribution in [1.82, 2.24) is 5.01 Å². The van der Waals surface area contributed by atoms with Crippen molar-refractivity contribution in [2.45, 2.75) is 12.5 Å². The summed E-state index contributed by atoms with van der Waals surface area (Å²) in [7, 11) is 0. The van der Waals surface area contributed by atoms with Crippen molar-refractivity contribution >= 4 is 28.5 Å². The van der Waals surface area contributed by atoms with Crippen molar-refractivity contribution in [2.75, 3.05) is 5.75 Å². The zero-order valence-electron chi connectivity index (χ0n) is 10.9. The monoisotopic (exact) mass is 301 g/mol. The van der Waals surface area contributed by atoms with E-state index in [2.05, 4.69) is 10.1 Å². The van der Waals surface area contributed by atoms with Gasteiger partial charge in [0.05, 0.1) is 18.3 Å². The second-order valence-corrected chi connectivity index (χ2v) is 5.61. The van der Waals surface area contributed by atoms with E-state index in [0.29, 0.717) is 18.0 Å². The Labute approximate surface area is 124 Å².